The summed E-state index contributed by atoms with van der Waals surface area (Å²) >= 11 is 0. The zero-order valence-electron chi connectivity index (χ0n) is 8.92. The smallest absolute Gasteiger partial charge is 0.124 e. The normalized spacial score (nSPS) is 20.5. The molecule has 0 aliphatic carbocycles. The third kappa shape index (κ3) is 2.12. The van der Waals surface area contributed by atoms with Gasteiger partial charge in [0.25, 0.3) is 0 Å². The van der Waals surface area contributed by atoms with Crippen LogP contribution < -0.4 is 10.1 Å². The summed E-state index contributed by atoms with van der Waals surface area (Å²) in [5.41, 5.74) is 1.87. The van der Waals surface area contributed by atoms with Gasteiger partial charge in [-0.2, -0.15) is 0 Å². The number of nitrogens with one attached hydrogen (secondary N) is 1. The Hall–Kier alpha value is -1.09. The second kappa shape index (κ2) is 4.62. The van der Waals surface area contributed by atoms with Crippen molar-refractivity contribution in [1.82, 2.24) is 5.32 Å². The Labute approximate surface area is 89.4 Å². The second-order valence-corrected chi connectivity index (χ2v) is 3.89. The van der Waals surface area contributed by atoms with E-state index in [0.29, 0.717) is 17.2 Å². The van der Waals surface area contributed by atoms with Crippen LogP contribution in [-0.2, 0) is 6.67 Å². The van der Waals surface area contributed by atoms with E-state index in [9.17, 15) is 4.39 Å². The van der Waals surface area contributed by atoms with Crippen molar-refractivity contribution in [2.45, 2.75) is 19.0 Å². The van der Waals surface area contributed by atoms with Crippen LogP contribution in [-0.4, -0.2) is 20.2 Å². The number of hydrogen-bond acceptors (Lipinski definition) is 2. The first kappa shape index (κ1) is 10.4. The monoisotopic (exact) mass is 209 g/mol. The van der Waals surface area contributed by atoms with Gasteiger partial charge in [0.1, 0.15) is 12.4 Å². The molecule has 0 bridgehead atoms. The number of rotatable bonds is 3. The number of hydrogen-bond donors (Lipinski definition) is 1. The summed E-state index contributed by atoms with van der Waals surface area (Å²) in [5, 5.41) is 3.31. The number of benzene rings is 1. The summed E-state index contributed by atoms with van der Waals surface area (Å²) in [6.45, 7) is 1.59. The maximum absolute atomic E-state index is 12.7. The molecule has 0 saturated carbocycles. The van der Waals surface area contributed by atoms with Gasteiger partial charge >= 0.3 is 0 Å². The van der Waals surface area contributed by atoms with Crippen molar-refractivity contribution >= 4 is 0 Å². The van der Waals surface area contributed by atoms with Crippen LogP contribution in [0.4, 0.5) is 4.39 Å². The molecule has 1 heterocycles. The van der Waals surface area contributed by atoms with E-state index in [-0.39, 0.29) is 0 Å². The number of methoxy groups -OCH3 is 1. The van der Waals surface area contributed by atoms with E-state index in [2.05, 4.69) is 5.32 Å². The molecule has 15 heavy (non-hydrogen) atoms. The highest BCUT2D eigenvalue weighted by Gasteiger charge is 2.17. The third-order valence-electron chi connectivity index (χ3n) is 2.98. The van der Waals surface area contributed by atoms with E-state index < -0.39 is 6.67 Å². The van der Waals surface area contributed by atoms with Crippen LogP contribution in [0.25, 0.3) is 0 Å². The summed E-state index contributed by atoms with van der Waals surface area (Å²) in [7, 11) is 1.57. The van der Waals surface area contributed by atoms with Crippen LogP contribution in [0, 0.1) is 0 Å². The van der Waals surface area contributed by atoms with Crippen molar-refractivity contribution in [3.05, 3.63) is 29.3 Å². The lowest BCUT2D eigenvalue weighted by Crippen LogP contribution is -2.08. The van der Waals surface area contributed by atoms with Crippen LogP contribution in [0.5, 0.6) is 5.75 Å². The summed E-state index contributed by atoms with van der Waals surface area (Å²) < 4.78 is 17.8. The molecule has 0 aromatic heterocycles. The highest BCUT2D eigenvalue weighted by atomic mass is 19.1. The fourth-order valence-corrected chi connectivity index (χ4v) is 2.10. The third-order valence-corrected chi connectivity index (χ3v) is 2.98. The molecule has 1 saturated heterocycles. The molecule has 1 unspecified atom stereocenters. The molecule has 82 valence electrons. The molecule has 1 fully saturated rings. The minimum Gasteiger partial charge on any atom is -0.496 e. The van der Waals surface area contributed by atoms with Crippen molar-refractivity contribution in [1.29, 1.82) is 0 Å². The van der Waals surface area contributed by atoms with Gasteiger partial charge in [0, 0.05) is 12.1 Å². The molecule has 2 nitrogen and oxygen atoms in total. The quantitative estimate of drug-likeness (QED) is 0.824. The maximum atomic E-state index is 12.7. The highest BCUT2D eigenvalue weighted by molar-refractivity contribution is 5.38. The molecule has 0 spiro atoms. The van der Waals surface area contributed by atoms with E-state index in [1.54, 1.807) is 7.11 Å². The van der Waals surface area contributed by atoms with Crippen LogP contribution in [0.3, 0.4) is 0 Å². The minimum atomic E-state index is -0.461. The van der Waals surface area contributed by atoms with Gasteiger partial charge in [0.2, 0.25) is 0 Å². The van der Waals surface area contributed by atoms with Gasteiger partial charge in [-0.3, -0.25) is 0 Å². The van der Waals surface area contributed by atoms with Gasteiger partial charge in [0.05, 0.1) is 7.11 Å². The van der Waals surface area contributed by atoms with Crippen molar-refractivity contribution in [2.24, 2.45) is 0 Å². The first-order valence-corrected chi connectivity index (χ1v) is 5.28. The predicted octanol–water partition coefficient (Wildman–Crippen LogP) is 2.24. The summed E-state index contributed by atoms with van der Waals surface area (Å²) in [5.74, 6) is 1.17. The molecule has 3 heteroatoms. The molecule has 1 aliphatic heterocycles. The van der Waals surface area contributed by atoms with Gasteiger partial charge in [0.15, 0.2) is 0 Å². The highest BCUT2D eigenvalue weighted by Crippen LogP contribution is 2.28. The van der Waals surface area contributed by atoms with Crippen molar-refractivity contribution < 1.29 is 9.13 Å². The standard InChI is InChI=1S/C12H16FNO/c1-15-12-3-2-9(6-11(12)7-13)10-4-5-14-8-10/h2-3,6,10,14H,4-5,7-8H2,1H3. The predicted molar refractivity (Wildman–Crippen MR) is 58.0 cm³/mol. The fraction of sp³-hybridized carbons (Fsp3) is 0.500. The van der Waals surface area contributed by atoms with E-state index >= 15 is 0 Å². The topological polar surface area (TPSA) is 21.3 Å². The van der Waals surface area contributed by atoms with Crippen molar-refractivity contribution in [2.75, 3.05) is 20.2 Å². The van der Waals surface area contributed by atoms with Gasteiger partial charge in [-0.25, -0.2) is 4.39 Å². The van der Waals surface area contributed by atoms with E-state index in [1.165, 1.54) is 5.56 Å². The Morgan fingerprint density at radius 3 is 3.00 bits per heavy atom. The average molecular weight is 209 g/mol. The zero-order chi connectivity index (χ0) is 10.7. The molecular formula is C12H16FNO. The Balaban J connectivity index is 2.25. The number of alkyl halides is 1. The van der Waals surface area contributed by atoms with E-state index in [0.717, 1.165) is 19.5 Å². The van der Waals surface area contributed by atoms with Crippen molar-refractivity contribution in [3.8, 4) is 5.75 Å². The van der Waals surface area contributed by atoms with Crippen LogP contribution in [0.1, 0.15) is 23.5 Å². The minimum absolute atomic E-state index is 0.461. The summed E-state index contributed by atoms with van der Waals surface area (Å²) in [4.78, 5) is 0. The van der Waals surface area contributed by atoms with Gasteiger partial charge < -0.3 is 10.1 Å². The first-order valence-electron chi connectivity index (χ1n) is 5.28. The van der Waals surface area contributed by atoms with Crippen molar-refractivity contribution in [3.63, 3.8) is 0 Å². The molecule has 1 atom stereocenters. The molecule has 1 N–H and O–H groups in total. The summed E-state index contributed by atoms with van der Waals surface area (Å²) in [6, 6.07) is 5.83. The molecule has 1 aromatic rings. The van der Waals surface area contributed by atoms with Gasteiger partial charge in [-0.05, 0) is 36.6 Å². The summed E-state index contributed by atoms with van der Waals surface area (Å²) in [6.07, 6.45) is 1.14. The molecule has 0 radical (unpaired) electrons. The zero-order valence-corrected chi connectivity index (χ0v) is 8.92. The first-order chi connectivity index (χ1) is 7.35. The fourth-order valence-electron chi connectivity index (χ4n) is 2.10. The van der Waals surface area contributed by atoms with Crippen LogP contribution in [0.2, 0.25) is 0 Å². The Morgan fingerprint density at radius 1 is 1.53 bits per heavy atom. The SMILES string of the molecule is COc1ccc(C2CCNC2)cc1CF. The molecule has 0 amide bonds. The molecule has 1 aromatic carbocycles. The lowest BCUT2D eigenvalue weighted by Gasteiger charge is -2.12. The number of ether oxygens (including phenoxy) is 1. The van der Waals surface area contributed by atoms with E-state index in [1.807, 2.05) is 18.2 Å². The van der Waals surface area contributed by atoms with Crippen LogP contribution >= 0.6 is 0 Å². The Kier molecular flexibility index (Phi) is 3.21. The molecule has 1 aliphatic rings. The van der Waals surface area contributed by atoms with Gasteiger partial charge in [-0.15, -0.1) is 0 Å². The molecule has 2 rings (SSSR count). The van der Waals surface area contributed by atoms with Crippen LogP contribution in [0.15, 0.2) is 18.2 Å². The molecular weight excluding hydrogens is 193 g/mol. The Bertz CT molecular complexity index is 334. The second-order valence-electron chi connectivity index (χ2n) is 3.89. The lowest BCUT2D eigenvalue weighted by atomic mass is 9.96. The maximum Gasteiger partial charge on any atom is 0.124 e. The number of halogens is 1. The Morgan fingerprint density at radius 2 is 2.40 bits per heavy atom. The lowest BCUT2D eigenvalue weighted by molar-refractivity contribution is 0.393. The largest absolute Gasteiger partial charge is 0.496 e. The van der Waals surface area contributed by atoms with Gasteiger partial charge in [-0.1, -0.05) is 6.07 Å². The average Bonchev–Trinajstić information content (AvgIpc) is 2.81. The van der Waals surface area contributed by atoms with E-state index in [4.69, 9.17) is 4.74 Å².